The van der Waals surface area contributed by atoms with Gasteiger partial charge < -0.3 is 9.47 Å². The fourth-order valence-electron chi connectivity index (χ4n) is 2.21. The van der Waals surface area contributed by atoms with Crippen LogP contribution in [0.2, 0.25) is 0 Å². The van der Waals surface area contributed by atoms with Crippen LogP contribution in [-0.2, 0) is 9.47 Å². The van der Waals surface area contributed by atoms with Gasteiger partial charge >= 0.3 is 6.16 Å². The number of carbonyl (C=O) groups excluding carboxylic acids is 1. The number of nitrogens with zero attached hydrogens (tertiary/aromatic N) is 2. The van der Waals surface area contributed by atoms with Gasteiger partial charge in [0.25, 0.3) is 11.4 Å². The van der Waals surface area contributed by atoms with Crippen LogP contribution in [0, 0.1) is 20.2 Å². The first kappa shape index (κ1) is 20.3. The maximum atomic E-state index is 11.5. The van der Waals surface area contributed by atoms with E-state index in [1.54, 1.807) is 36.4 Å². The van der Waals surface area contributed by atoms with Crippen molar-refractivity contribution in [1.82, 2.24) is 0 Å². The Bertz CT molecular complexity index is 849. The highest BCUT2D eigenvalue weighted by Crippen LogP contribution is 2.19. The molecule has 0 unspecified atom stereocenters. The average molecular weight is 384 g/mol. The van der Waals surface area contributed by atoms with Gasteiger partial charge in [-0.3, -0.25) is 20.2 Å². The molecule has 144 valence electrons. The van der Waals surface area contributed by atoms with Crippen LogP contribution in [0.4, 0.5) is 16.2 Å². The molecule has 0 atom stereocenters. The van der Waals surface area contributed by atoms with Crippen LogP contribution >= 0.6 is 0 Å². The van der Waals surface area contributed by atoms with Crippen LogP contribution in [0.15, 0.2) is 60.7 Å². The molecule has 0 N–H and O–H groups in total. The monoisotopic (exact) mass is 384 g/mol. The zero-order valence-electron chi connectivity index (χ0n) is 14.6. The van der Waals surface area contributed by atoms with E-state index in [-0.39, 0.29) is 24.6 Å². The Morgan fingerprint density at radius 2 is 1.18 bits per heavy atom. The molecule has 9 heteroatoms. The van der Waals surface area contributed by atoms with E-state index in [0.717, 1.165) is 0 Å². The number of hydrogen-bond donors (Lipinski definition) is 0. The van der Waals surface area contributed by atoms with Gasteiger partial charge in [-0.2, -0.15) is 0 Å². The van der Waals surface area contributed by atoms with Crippen molar-refractivity contribution in [2.75, 3.05) is 13.2 Å². The third-order valence-corrected chi connectivity index (χ3v) is 3.46. The molecule has 0 spiro atoms. The summed E-state index contributed by atoms with van der Waals surface area (Å²) in [7, 11) is 0. The normalized spacial score (nSPS) is 10.9. The van der Waals surface area contributed by atoms with E-state index in [2.05, 4.69) is 0 Å². The highest BCUT2D eigenvalue weighted by atomic mass is 16.7. The highest BCUT2D eigenvalue weighted by Gasteiger charge is 2.10. The Hall–Kier alpha value is -4.01. The molecule has 0 heterocycles. The lowest BCUT2D eigenvalue weighted by Crippen LogP contribution is -2.07. The fourth-order valence-corrected chi connectivity index (χ4v) is 2.21. The Morgan fingerprint density at radius 3 is 1.57 bits per heavy atom. The number of carbonyl (C=O) groups is 1. The predicted octanol–water partition coefficient (Wildman–Crippen LogP) is 4.38. The minimum atomic E-state index is -0.931. The van der Waals surface area contributed by atoms with Crippen molar-refractivity contribution < 1.29 is 24.1 Å². The van der Waals surface area contributed by atoms with Crippen LogP contribution in [-0.4, -0.2) is 29.2 Å². The summed E-state index contributed by atoms with van der Waals surface area (Å²) in [5.74, 6) is 0. The number of nitro benzene ring substituents is 2. The van der Waals surface area contributed by atoms with Gasteiger partial charge in [-0.1, -0.05) is 24.3 Å². The van der Waals surface area contributed by atoms with Crippen molar-refractivity contribution in [1.29, 1.82) is 0 Å². The Morgan fingerprint density at radius 1 is 0.786 bits per heavy atom. The number of ether oxygens (including phenoxy) is 2. The maximum absolute atomic E-state index is 11.5. The Balaban J connectivity index is 1.78. The van der Waals surface area contributed by atoms with Crippen molar-refractivity contribution in [3.05, 3.63) is 92.0 Å². The smallest absolute Gasteiger partial charge is 0.430 e. The van der Waals surface area contributed by atoms with Gasteiger partial charge in [-0.15, -0.1) is 0 Å². The fraction of sp³-hybridized carbons (Fsp3) is 0.105. The summed E-state index contributed by atoms with van der Waals surface area (Å²) in [6.45, 7) is -0.252. The molecule has 0 saturated carbocycles. The van der Waals surface area contributed by atoms with Crippen molar-refractivity contribution in [3.8, 4) is 0 Å². The van der Waals surface area contributed by atoms with Crippen molar-refractivity contribution in [3.63, 3.8) is 0 Å². The lowest BCUT2D eigenvalue weighted by molar-refractivity contribution is -0.385. The number of nitro groups is 2. The number of rotatable bonds is 8. The Kier molecular flexibility index (Phi) is 7.41. The highest BCUT2D eigenvalue weighted by molar-refractivity contribution is 5.63. The summed E-state index contributed by atoms with van der Waals surface area (Å²) in [4.78, 5) is 32.3. The minimum absolute atomic E-state index is 0.0542. The van der Waals surface area contributed by atoms with Crippen LogP contribution in [0.3, 0.4) is 0 Å². The van der Waals surface area contributed by atoms with Crippen molar-refractivity contribution in [2.45, 2.75) is 0 Å². The first-order valence-electron chi connectivity index (χ1n) is 8.08. The Labute approximate surface area is 159 Å². The molecule has 28 heavy (non-hydrogen) atoms. The van der Waals surface area contributed by atoms with Crippen molar-refractivity contribution >= 4 is 29.7 Å². The van der Waals surface area contributed by atoms with Gasteiger partial charge in [-0.05, 0) is 36.4 Å². The molecule has 0 aromatic heterocycles. The minimum Gasteiger partial charge on any atom is -0.430 e. The third-order valence-electron chi connectivity index (χ3n) is 3.46. The summed E-state index contributed by atoms with van der Waals surface area (Å²) >= 11 is 0. The zero-order valence-corrected chi connectivity index (χ0v) is 14.6. The summed E-state index contributed by atoms with van der Waals surface area (Å²) in [5.41, 5.74) is 0.664. The largest absolute Gasteiger partial charge is 0.508 e. The molecule has 0 radical (unpaired) electrons. The number of para-hydroxylation sites is 2. The second kappa shape index (κ2) is 10.2. The second-order valence-corrected chi connectivity index (χ2v) is 5.31. The molecule has 0 saturated heterocycles. The molecular formula is C19H16N2O7. The van der Waals surface area contributed by atoms with E-state index in [1.807, 2.05) is 0 Å². The third kappa shape index (κ3) is 6.06. The second-order valence-electron chi connectivity index (χ2n) is 5.31. The number of benzene rings is 2. The summed E-state index contributed by atoms with van der Waals surface area (Å²) in [6.07, 6.45) is 4.92. The molecule has 0 aliphatic rings. The quantitative estimate of drug-likeness (QED) is 0.376. The average Bonchev–Trinajstić information content (AvgIpc) is 2.69. The van der Waals surface area contributed by atoms with Crippen LogP contribution < -0.4 is 0 Å². The molecule has 2 aromatic rings. The predicted molar refractivity (Wildman–Crippen MR) is 102 cm³/mol. The zero-order chi connectivity index (χ0) is 20.4. The maximum Gasteiger partial charge on any atom is 0.508 e. The van der Waals surface area contributed by atoms with Gasteiger partial charge in [0.2, 0.25) is 0 Å². The van der Waals surface area contributed by atoms with E-state index in [9.17, 15) is 25.0 Å². The summed E-state index contributed by atoms with van der Waals surface area (Å²) < 4.78 is 9.64. The molecule has 2 aromatic carbocycles. The van der Waals surface area contributed by atoms with Crippen molar-refractivity contribution in [2.24, 2.45) is 0 Å². The van der Waals surface area contributed by atoms with Gasteiger partial charge in [0.05, 0.1) is 21.0 Å². The molecule has 2 rings (SSSR count). The first-order chi connectivity index (χ1) is 13.5. The molecule has 0 amide bonds. The standard InChI is InChI=1S/C19H16N2O7/c22-19(27-13-5-9-15-7-1-3-11-17(15)20(23)24)28-14-6-10-16-8-2-4-12-18(16)21(25)26/h1-12H,13-14H2/b9-5+,10-6+. The van der Waals surface area contributed by atoms with E-state index in [1.165, 1.54) is 36.4 Å². The van der Waals surface area contributed by atoms with Gasteiger partial charge in [-0.25, -0.2) is 4.79 Å². The van der Waals surface area contributed by atoms with E-state index in [0.29, 0.717) is 11.1 Å². The van der Waals surface area contributed by atoms with Gasteiger partial charge in [0.15, 0.2) is 0 Å². The first-order valence-corrected chi connectivity index (χ1v) is 8.08. The van der Waals surface area contributed by atoms with Gasteiger partial charge in [0, 0.05) is 12.1 Å². The summed E-state index contributed by atoms with van der Waals surface area (Å²) in [5, 5.41) is 21.8. The molecule has 0 aliphatic carbocycles. The lowest BCUT2D eigenvalue weighted by Gasteiger charge is -2.02. The number of hydrogen-bond acceptors (Lipinski definition) is 7. The molecule has 9 nitrogen and oxygen atoms in total. The van der Waals surface area contributed by atoms with E-state index in [4.69, 9.17) is 9.47 Å². The SMILES string of the molecule is O=C(OC/C=C/c1ccccc1[N+](=O)[O-])OC/C=C/c1ccccc1[N+](=O)[O-]. The summed E-state index contributed by atoms with van der Waals surface area (Å²) in [6, 6.07) is 12.3. The van der Waals surface area contributed by atoms with Crippen LogP contribution in [0.5, 0.6) is 0 Å². The van der Waals surface area contributed by atoms with E-state index >= 15 is 0 Å². The van der Waals surface area contributed by atoms with Gasteiger partial charge in [0.1, 0.15) is 13.2 Å². The molecular weight excluding hydrogens is 368 g/mol. The topological polar surface area (TPSA) is 122 Å². The van der Waals surface area contributed by atoms with E-state index < -0.39 is 16.0 Å². The van der Waals surface area contributed by atoms with Crippen LogP contribution in [0.25, 0.3) is 12.2 Å². The lowest BCUT2D eigenvalue weighted by atomic mass is 10.1. The molecule has 0 aliphatic heterocycles. The molecule has 0 bridgehead atoms. The molecule has 0 fully saturated rings. The van der Waals surface area contributed by atoms with Crippen LogP contribution in [0.1, 0.15) is 11.1 Å².